The summed E-state index contributed by atoms with van der Waals surface area (Å²) < 4.78 is 7.37. The third kappa shape index (κ3) is 5.09. The molecule has 0 bridgehead atoms. The summed E-state index contributed by atoms with van der Waals surface area (Å²) in [5.41, 5.74) is 4.56. The molecule has 2 aromatic carbocycles. The largest absolute Gasteiger partial charge is 0.497 e. The summed E-state index contributed by atoms with van der Waals surface area (Å²) in [6.07, 6.45) is 0.297. The number of carbonyl (C=O) groups is 2. The minimum absolute atomic E-state index is 0.0786. The highest BCUT2D eigenvalue weighted by Gasteiger charge is 2.22. The number of methoxy groups -OCH3 is 1. The maximum Gasteiger partial charge on any atom is 0.253 e. The molecule has 3 aromatic rings. The Morgan fingerprint density at radius 2 is 1.62 bits per heavy atom. The van der Waals surface area contributed by atoms with Crippen LogP contribution in [-0.2, 0) is 4.79 Å². The van der Waals surface area contributed by atoms with Crippen LogP contribution < -0.4 is 15.0 Å². The SMILES string of the molecule is COc1cccc(-n2c(C)cc(C(=O)NCCC(=O)N3CCN(c4ccccc4)CC3)c2C)c1. The fraction of sp³-hybridized carbons (Fsp3) is 0.333. The van der Waals surface area contributed by atoms with Crippen LogP contribution >= 0.6 is 0 Å². The zero-order chi connectivity index (χ0) is 24.1. The summed E-state index contributed by atoms with van der Waals surface area (Å²) in [7, 11) is 1.64. The van der Waals surface area contributed by atoms with E-state index in [0.29, 0.717) is 31.6 Å². The standard InChI is InChI=1S/C27H32N4O3/c1-20-18-25(21(2)31(20)23-10-7-11-24(19-23)34-3)27(33)28-13-12-26(32)30-16-14-29(15-17-30)22-8-5-4-6-9-22/h4-11,18-19H,12-17H2,1-3H3,(H,28,33). The molecule has 4 rings (SSSR count). The first kappa shape index (κ1) is 23.4. The second-order valence-corrected chi connectivity index (χ2v) is 8.53. The van der Waals surface area contributed by atoms with E-state index in [1.54, 1.807) is 7.11 Å². The average molecular weight is 461 g/mol. The van der Waals surface area contributed by atoms with Crippen molar-refractivity contribution in [3.8, 4) is 11.4 Å². The molecule has 0 spiro atoms. The highest BCUT2D eigenvalue weighted by molar-refractivity contribution is 5.96. The Morgan fingerprint density at radius 1 is 0.912 bits per heavy atom. The number of anilines is 1. The van der Waals surface area contributed by atoms with Gasteiger partial charge in [-0.1, -0.05) is 24.3 Å². The normalized spacial score (nSPS) is 13.6. The van der Waals surface area contributed by atoms with Gasteiger partial charge >= 0.3 is 0 Å². The summed E-state index contributed by atoms with van der Waals surface area (Å²) in [6.45, 7) is 7.25. The first-order valence-corrected chi connectivity index (χ1v) is 11.7. The van der Waals surface area contributed by atoms with Crippen molar-refractivity contribution < 1.29 is 14.3 Å². The summed E-state index contributed by atoms with van der Waals surface area (Å²) in [5, 5.41) is 2.92. The monoisotopic (exact) mass is 460 g/mol. The van der Waals surface area contributed by atoms with Gasteiger partial charge in [-0.3, -0.25) is 9.59 Å². The molecule has 1 fully saturated rings. The number of aryl methyl sites for hydroxylation is 1. The van der Waals surface area contributed by atoms with Gasteiger partial charge in [-0.15, -0.1) is 0 Å². The van der Waals surface area contributed by atoms with E-state index in [-0.39, 0.29) is 11.8 Å². The van der Waals surface area contributed by atoms with Crippen molar-refractivity contribution in [3.05, 3.63) is 77.6 Å². The number of rotatable bonds is 7. The number of hydrogen-bond donors (Lipinski definition) is 1. The second-order valence-electron chi connectivity index (χ2n) is 8.53. The molecule has 7 heteroatoms. The summed E-state index contributed by atoms with van der Waals surface area (Å²) in [6, 6.07) is 19.9. The van der Waals surface area contributed by atoms with Crippen molar-refractivity contribution in [2.45, 2.75) is 20.3 Å². The Kier molecular flexibility index (Phi) is 7.21. The van der Waals surface area contributed by atoms with Gasteiger partial charge in [0, 0.05) is 68.0 Å². The minimum Gasteiger partial charge on any atom is -0.497 e. The fourth-order valence-electron chi connectivity index (χ4n) is 4.53. The van der Waals surface area contributed by atoms with E-state index >= 15 is 0 Å². The van der Waals surface area contributed by atoms with Crippen LogP contribution in [0.25, 0.3) is 5.69 Å². The van der Waals surface area contributed by atoms with Crippen LogP contribution in [-0.4, -0.2) is 61.1 Å². The lowest BCUT2D eigenvalue weighted by Crippen LogP contribution is -2.49. The summed E-state index contributed by atoms with van der Waals surface area (Å²) >= 11 is 0. The Morgan fingerprint density at radius 3 is 2.32 bits per heavy atom. The topological polar surface area (TPSA) is 66.8 Å². The highest BCUT2D eigenvalue weighted by Crippen LogP contribution is 2.24. The highest BCUT2D eigenvalue weighted by atomic mass is 16.5. The smallest absolute Gasteiger partial charge is 0.253 e. The minimum atomic E-state index is -0.163. The molecule has 1 aliphatic heterocycles. The quantitative estimate of drug-likeness (QED) is 0.585. The number of aromatic nitrogens is 1. The second kappa shape index (κ2) is 10.5. The lowest BCUT2D eigenvalue weighted by atomic mass is 10.2. The molecule has 34 heavy (non-hydrogen) atoms. The van der Waals surface area contributed by atoms with Gasteiger partial charge in [0.15, 0.2) is 0 Å². The van der Waals surface area contributed by atoms with Crippen molar-refractivity contribution >= 4 is 17.5 Å². The molecule has 2 heterocycles. The van der Waals surface area contributed by atoms with E-state index in [1.165, 1.54) is 5.69 Å². The number of benzene rings is 2. The molecule has 1 aromatic heterocycles. The van der Waals surface area contributed by atoms with Crippen LogP contribution in [0, 0.1) is 13.8 Å². The predicted molar refractivity (Wildman–Crippen MR) is 134 cm³/mol. The number of hydrogen-bond acceptors (Lipinski definition) is 4. The van der Waals surface area contributed by atoms with Gasteiger partial charge in [0.1, 0.15) is 5.75 Å². The number of ether oxygens (including phenoxy) is 1. The molecule has 0 radical (unpaired) electrons. The Balaban J connectivity index is 1.30. The van der Waals surface area contributed by atoms with E-state index < -0.39 is 0 Å². The van der Waals surface area contributed by atoms with E-state index in [0.717, 1.165) is 35.9 Å². The van der Waals surface area contributed by atoms with Crippen molar-refractivity contribution in [1.82, 2.24) is 14.8 Å². The summed E-state index contributed by atoms with van der Waals surface area (Å²) in [4.78, 5) is 29.7. The molecule has 0 aliphatic carbocycles. The van der Waals surface area contributed by atoms with Crippen LogP contribution in [0.3, 0.4) is 0 Å². The Labute approximate surface area is 200 Å². The number of amides is 2. The predicted octanol–water partition coefficient (Wildman–Crippen LogP) is 3.57. The fourth-order valence-corrected chi connectivity index (χ4v) is 4.53. The van der Waals surface area contributed by atoms with Gasteiger partial charge in [0.05, 0.1) is 12.7 Å². The van der Waals surface area contributed by atoms with Crippen molar-refractivity contribution in [3.63, 3.8) is 0 Å². The molecule has 1 N–H and O–H groups in total. The Bertz CT molecular complexity index is 1150. The molecular formula is C27H32N4O3. The number of carbonyl (C=O) groups excluding carboxylic acids is 2. The molecular weight excluding hydrogens is 428 g/mol. The van der Waals surface area contributed by atoms with Crippen molar-refractivity contribution in [2.24, 2.45) is 0 Å². The number of para-hydroxylation sites is 1. The zero-order valence-corrected chi connectivity index (χ0v) is 20.1. The maximum atomic E-state index is 12.9. The van der Waals surface area contributed by atoms with Crippen LogP contribution in [0.5, 0.6) is 5.75 Å². The molecule has 1 saturated heterocycles. The van der Waals surface area contributed by atoms with Gasteiger partial charge in [-0.05, 0) is 44.2 Å². The van der Waals surface area contributed by atoms with Crippen LogP contribution in [0.2, 0.25) is 0 Å². The van der Waals surface area contributed by atoms with Crippen LogP contribution in [0.4, 0.5) is 5.69 Å². The summed E-state index contributed by atoms with van der Waals surface area (Å²) in [5.74, 6) is 0.679. The average Bonchev–Trinajstić information content (AvgIpc) is 3.18. The molecule has 178 valence electrons. The van der Waals surface area contributed by atoms with Crippen LogP contribution in [0.15, 0.2) is 60.7 Å². The van der Waals surface area contributed by atoms with E-state index in [2.05, 4.69) is 22.3 Å². The first-order chi connectivity index (χ1) is 16.5. The van der Waals surface area contributed by atoms with Crippen molar-refractivity contribution in [1.29, 1.82) is 0 Å². The van der Waals surface area contributed by atoms with Gasteiger partial charge in [0.25, 0.3) is 5.91 Å². The molecule has 0 unspecified atom stereocenters. The van der Waals surface area contributed by atoms with Gasteiger partial charge in [0.2, 0.25) is 5.91 Å². The Hall–Kier alpha value is -3.74. The number of nitrogens with one attached hydrogen (secondary N) is 1. The number of nitrogens with zero attached hydrogens (tertiary/aromatic N) is 3. The zero-order valence-electron chi connectivity index (χ0n) is 20.1. The third-order valence-corrected chi connectivity index (χ3v) is 6.37. The van der Waals surface area contributed by atoms with E-state index in [9.17, 15) is 9.59 Å². The first-order valence-electron chi connectivity index (χ1n) is 11.7. The lowest BCUT2D eigenvalue weighted by molar-refractivity contribution is -0.131. The third-order valence-electron chi connectivity index (χ3n) is 6.37. The number of piperazine rings is 1. The van der Waals surface area contributed by atoms with Gasteiger partial charge in [-0.25, -0.2) is 0 Å². The van der Waals surface area contributed by atoms with E-state index in [1.807, 2.05) is 71.8 Å². The molecule has 0 atom stereocenters. The van der Waals surface area contributed by atoms with Gasteiger partial charge in [-0.2, -0.15) is 0 Å². The molecule has 7 nitrogen and oxygen atoms in total. The van der Waals surface area contributed by atoms with Crippen LogP contribution in [0.1, 0.15) is 28.2 Å². The van der Waals surface area contributed by atoms with E-state index in [4.69, 9.17) is 4.74 Å². The maximum absolute atomic E-state index is 12.9. The lowest BCUT2D eigenvalue weighted by Gasteiger charge is -2.36. The molecule has 0 saturated carbocycles. The van der Waals surface area contributed by atoms with Crippen molar-refractivity contribution in [2.75, 3.05) is 44.7 Å². The van der Waals surface area contributed by atoms with Gasteiger partial charge < -0.3 is 24.4 Å². The molecule has 2 amide bonds. The molecule has 1 aliphatic rings.